The van der Waals surface area contributed by atoms with Crippen LogP contribution in [0.15, 0.2) is 12.3 Å². The molecule has 0 atom stereocenters. The van der Waals surface area contributed by atoms with E-state index in [-0.39, 0.29) is 16.6 Å². The summed E-state index contributed by atoms with van der Waals surface area (Å²) >= 11 is 5.65. The van der Waals surface area contributed by atoms with Gasteiger partial charge in [-0.15, -0.1) is 0 Å². The number of carbonyl (C=O) groups excluding carboxylic acids is 1. The molecule has 0 radical (unpaired) electrons. The molecule has 86 valence electrons. The van der Waals surface area contributed by atoms with Gasteiger partial charge < -0.3 is 5.32 Å². The van der Waals surface area contributed by atoms with Crippen LogP contribution in [-0.4, -0.2) is 15.9 Å². The van der Waals surface area contributed by atoms with Crippen LogP contribution in [0.5, 0.6) is 0 Å². The second-order valence-corrected chi connectivity index (χ2v) is 4.77. The highest BCUT2D eigenvalue weighted by Crippen LogP contribution is 2.38. The molecule has 0 saturated heterocycles. The Bertz CT molecular complexity index is 402. The van der Waals surface area contributed by atoms with Crippen LogP contribution in [0.2, 0.25) is 5.28 Å². The smallest absolute Gasteiger partial charge is 0.231 e. The normalized spacial score (nSPS) is 18.4. The summed E-state index contributed by atoms with van der Waals surface area (Å²) in [5.74, 6) is 0.498. The van der Waals surface area contributed by atoms with Crippen LogP contribution < -0.4 is 5.32 Å². The van der Waals surface area contributed by atoms with Crippen molar-refractivity contribution in [1.82, 2.24) is 9.97 Å². The van der Waals surface area contributed by atoms with Crippen molar-refractivity contribution in [1.29, 1.82) is 0 Å². The third-order valence-corrected chi connectivity index (χ3v) is 3.31. The van der Waals surface area contributed by atoms with Gasteiger partial charge >= 0.3 is 0 Å². The molecule has 1 amide bonds. The maximum atomic E-state index is 12.0. The van der Waals surface area contributed by atoms with E-state index in [2.05, 4.69) is 15.3 Å². The number of amides is 1. The molecule has 5 heteroatoms. The standard InChI is InChI=1S/C11H14ClN3O/c1-11(5-2-3-6-11)9(16)14-8-4-7-13-10(12)15-8/h4,7H,2-3,5-6H2,1H3,(H,13,14,15,16). The predicted octanol–water partition coefficient (Wildman–Crippen LogP) is 2.65. The highest BCUT2D eigenvalue weighted by Gasteiger charge is 2.36. The molecule has 1 N–H and O–H groups in total. The molecule has 0 aliphatic heterocycles. The highest BCUT2D eigenvalue weighted by atomic mass is 35.5. The van der Waals surface area contributed by atoms with Crippen LogP contribution in [0.1, 0.15) is 32.6 Å². The molecule has 1 aliphatic rings. The van der Waals surface area contributed by atoms with E-state index in [4.69, 9.17) is 11.6 Å². The van der Waals surface area contributed by atoms with Crippen LogP contribution in [0.4, 0.5) is 5.82 Å². The average molecular weight is 240 g/mol. The first kappa shape index (κ1) is 11.3. The first-order valence-electron chi connectivity index (χ1n) is 5.40. The number of aromatic nitrogens is 2. The molecule has 0 aromatic carbocycles. The van der Waals surface area contributed by atoms with E-state index >= 15 is 0 Å². The minimum Gasteiger partial charge on any atom is -0.310 e. The van der Waals surface area contributed by atoms with Crippen molar-refractivity contribution in [3.63, 3.8) is 0 Å². The highest BCUT2D eigenvalue weighted by molar-refractivity contribution is 6.28. The number of halogens is 1. The minimum atomic E-state index is -0.253. The molecule has 2 rings (SSSR count). The lowest BCUT2D eigenvalue weighted by molar-refractivity contribution is -0.124. The predicted molar refractivity (Wildman–Crippen MR) is 62.2 cm³/mol. The molecule has 1 aromatic rings. The summed E-state index contributed by atoms with van der Waals surface area (Å²) in [6, 6.07) is 1.64. The maximum absolute atomic E-state index is 12.0. The first-order chi connectivity index (χ1) is 7.60. The van der Waals surface area contributed by atoms with Crippen LogP contribution in [0.25, 0.3) is 0 Å². The van der Waals surface area contributed by atoms with Gasteiger partial charge in [-0.05, 0) is 30.5 Å². The third-order valence-electron chi connectivity index (χ3n) is 3.12. The molecule has 0 spiro atoms. The van der Waals surface area contributed by atoms with Gasteiger partial charge in [0.25, 0.3) is 0 Å². The Kier molecular flexibility index (Phi) is 3.10. The largest absolute Gasteiger partial charge is 0.310 e. The van der Waals surface area contributed by atoms with Gasteiger partial charge in [-0.25, -0.2) is 9.97 Å². The molecule has 1 heterocycles. The Morgan fingerprint density at radius 2 is 2.19 bits per heavy atom. The van der Waals surface area contributed by atoms with Gasteiger partial charge in [0.15, 0.2) is 0 Å². The fraction of sp³-hybridized carbons (Fsp3) is 0.545. The van der Waals surface area contributed by atoms with Crippen molar-refractivity contribution in [2.24, 2.45) is 5.41 Å². The summed E-state index contributed by atoms with van der Waals surface area (Å²) in [5, 5.41) is 2.94. The van der Waals surface area contributed by atoms with E-state index in [9.17, 15) is 4.79 Å². The van der Waals surface area contributed by atoms with Crippen molar-refractivity contribution in [3.8, 4) is 0 Å². The van der Waals surface area contributed by atoms with E-state index in [1.54, 1.807) is 6.07 Å². The van der Waals surface area contributed by atoms with E-state index < -0.39 is 0 Å². The summed E-state index contributed by atoms with van der Waals surface area (Å²) in [6.07, 6.45) is 5.65. The molecule has 0 unspecified atom stereocenters. The quantitative estimate of drug-likeness (QED) is 0.808. The fourth-order valence-electron chi connectivity index (χ4n) is 2.05. The van der Waals surface area contributed by atoms with Crippen molar-refractivity contribution < 1.29 is 4.79 Å². The third kappa shape index (κ3) is 2.32. The van der Waals surface area contributed by atoms with Gasteiger partial charge in [0.05, 0.1) is 0 Å². The van der Waals surface area contributed by atoms with Crippen LogP contribution >= 0.6 is 11.6 Å². The van der Waals surface area contributed by atoms with Crippen molar-refractivity contribution >= 4 is 23.3 Å². The number of nitrogens with zero attached hydrogens (tertiary/aromatic N) is 2. The second kappa shape index (κ2) is 4.37. The zero-order valence-corrected chi connectivity index (χ0v) is 9.92. The number of rotatable bonds is 2. The van der Waals surface area contributed by atoms with Crippen molar-refractivity contribution in [2.45, 2.75) is 32.6 Å². The summed E-state index contributed by atoms with van der Waals surface area (Å²) in [7, 11) is 0. The lowest BCUT2D eigenvalue weighted by atomic mass is 9.88. The molecule has 1 aromatic heterocycles. The topological polar surface area (TPSA) is 54.9 Å². The summed E-state index contributed by atoms with van der Waals surface area (Å²) < 4.78 is 0. The number of anilines is 1. The second-order valence-electron chi connectivity index (χ2n) is 4.43. The van der Waals surface area contributed by atoms with Gasteiger partial charge in [-0.2, -0.15) is 0 Å². The average Bonchev–Trinajstić information content (AvgIpc) is 2.66. The first-order valence-corrected chi connectivity index (χ1v) is 5.78. The lowest BCUT2D eigenvalue weighted by Gasteiger charge is -2.21. The zero-order chi connectivity index (χ0) is 11.6. The molecule has 0 bridgehead atoms. The Balaban J connectivity index is 2.07. The molecule has 1 fully saturated rings. The summed E-state index contributed by atoms with van der Waals surface area (Å²) in [5.41, 5.74) is -0.253. The Morgan fingerprint density at radius 1 is 1.50 bits per heavy atom. The molecule has 4 nitrogen and oxygen atoms in total. The Morgan fingerprint density at radius 3 is 2.81 bits per heavy atom. The van der Waals surface area contributed by atoms with Crippen molar-refractivity contribution in [3.05, 3.63) is 17.5 Å². The van der Waals surface area contributed by atoms with Gasteiger partial charge in [0.2, 0.25) is 11.2 Å². The number of nitrogens with one attached hydrogen (secondary N) is 1. The number of hydrogen-bond acceptors (Lipinski definition) is 3. The molecule has 1 aliphatic carbocycles. The lowest BCUT2D eigenvalue weighted by Crippen LogP contribution is -2.31. The van der Waals surface area contributed by atoms with Gasteiger partial charge in [-0.3, -0.25) is 4.79 Å². The zero-order valence-electron chi connectivity index (χ0n) is 9.16. The van der Waals surface area contributed by atoms with E-state index in [0.717, 1.165) is 25.7 Å². The monoisotopic (exact) mass is 239 g/mol. The summed E-state index contributed by atoms with van der Waals surface area (Å²) in [4.78, 5) is 19.7. The van der Waals surface area contributed by atoms with E-state index in [1.807, 2.05) is 6.92 Å². The molecular formula is C11H14ClN3O. The number of hydrogen-bond donors (Lipinski definition) is 1. The molecule has 1 saturated carbocycles. The maximum Gasteiger partial charge on any atom is 0.231 e. The SMILES string of the molecule is CC1(C(=O)Nc2ccnc(Cl)n2)CCCC1. The van der Waals surface area contributed by atoms with Gasteiger partial charge in [-0.1, -0.05) is 19.8 Å². The van der Waals surface area contributed by atoms with Crippen LogP contribution in [0, 0.1) is 5.41 Å². The number of carbonyl (C=O) groups is 1. The van der Waals surface area contributed by atoms with Gasteiger partial charge in [0.1, 0.15) is 5.82 Å². The van der Waals surface area contributed by atoms with Crippen molar-refractivity contribution in [2.75, 3.05) is 5.32 Å². The van der Waals surface area contributed by atoms with E-state index in [0.29, 0.717) is 5.82 Å². The summed E-state index contributed by atoms with van der Waals surface area (Å²) in [6.45, 7) is 2.00. The Labute approximate surface area is 99.4 Å². The van der Waals surface area contributed by atoms with Crippen LogP contribution in [-0.2, 0) is 4.79 Å². The fourth-order valence-corrected chi connectivity index (χ4v) is 2.20. The van der Waals surface area contributed by atoms with Gasteiger partial charge in [0, 0.05) is 11.6 Å². The van der Waals surface area contributed by atoms with E-state index in [1.165, 1.54) is 6.20 Å². The molecular weight excluding hydrogens is 226 g/mol. The Hall–Kier alpha value is -1.16. The molecule has 16 heavy (non-hydrogen) atoms. The van der Waals surface area contributed by atoms with Crippen LogP contribution in [0.3, 0.4) is 0 Å². The minimum absolute atomic E-state index is 0.0276.